The van der Waals surface area contributed by atoms with Gasteiger partial charge in [-0.25, -0.2) is 0 Å². The zero-order valence-corrected chi connectivity index (χ0v) is 8.97. The van der Waals surface area contributed by atoms with Crippen molar-refractivity contribution in [3.05, 3.63) is 42.0 Å². The molecule has 0 saturated heterocycles. The van der Waals surface area contributed by atoms with Crippen molar-refractivity contribution in [2.45, 2.75) is 12.8 Å². The summed E-state index contributed by atoms with van der Waals surface area (Å²) in [6, 6.07) is 6.84. The van der Waals surface area contributed by atoms with Crippen molar-refractivity contribution in [2.75, 3.05) is 0 Å². The van der Waals surface area contributed by atoms with Gasteiger partial charge in [0.1, 0.15) is 5.75 Å². The summed E-state index contributed by atoms with van der Waals surface area (Å²) in [6.45, 7) is 0. The van der Waals surface area contributed by atoms with Gasteiger partial charge in [-0.2, -0.15) is 0 Å². The number of Topliss-reactive ketones (excluding diaryl/α,β-unsaturated/α-hetero) is 1. The third-order valence-electron chi connectivity index (χ3n) is 3.79. The lowest BCUT2D eigenvalue weighted by molar-refractivity contribution is 0.0898. The second-order valence-corrected chi connectivity index (χ2v) is 4.77. The van der Waals surface area contributed by atoms with Crippen molar-refractivity contribution in [1.82, 2.24) is 0 Å². The summed E-state index contributed by atoms with van der Waals surface area (Å²) in [4.78, 5) is 12.3. The Hall–Kier alpha value is -1.57. The second kappa shape index (κ2) is 3.48. The summed E-state index contributed by atoms with van der Waals surface area (Å²) < 4.78 is 0. The first-order chi connectivity index (χ1) is 7.75. The molecule has 0 spiro atoms. The normalized spacial score (nSPS) is 30.9. The van der Waals surface area contributed by atoms with E-state index in [1.54, 1.807) is 24.3 Å². The van der Waals surface area contributed by atoms with Gasteiger partial charge in [0.05, 0.1) is 5.56 Å². The van der Waals surface area contributed by atoms with E-state index < -0.39 is 0 Å². The molecule has 2 nitrogen and oxygen atoms in total. The van der Waals surface area contributed by atoms with Crippen LogP contribution in [-0.2, 0) is 0 Å². The Labute approximate surface area is 94.6 Å². The molecule has 82 valence electrons. The van der Waals surface area contributed by atoms with Crippen molar-refractivity contribution < 1.29 is 9.90 Å². The van der Waals surface area contributed by atoms with Gasteiger partial charge in [0.2, 0.25) is 0 Å². The molecule has 1 aromatic carbocycles. The number of hydrogen-bond acceptors (Lipinski definition) is 2. The average molecular weight is 214 g/mol. The standard InChI is InChI=1S/C14H14O2/c15-13-4-2-1-3-11(13)14(16)12-8-9-5-6-10(12)7-9/h1-6,9-10,12,15H,7-8H2. The lowest BCUT2D eigenvalue weighted by Crippen LogP contribution is -2.19. The number of hydrogen-bond donors (Lipinski definition) is 1. The van der Waals surface area contributed by atoms with Gasteiger partial charge in [-0.3, -0.25) is 4.79 Å². The van der Waals surface area contributed by atoms with Gasteiger partial charge in [-0.05, 0) is 36.8 Å². The predicted octanol–water partition coefficient (Wildman–Crippen LogP) is 2.79. The summed E-state index contributed by atoms with van der Waals surface area (Å²) in [6.07, 6.45) is 6.45. The van der Waals surface area contributed by atoms with Crippen LogP contribution in [0.5, 0.6) is 5.75 Å². The molecule has 2 heteroatoms. The van der Waals surface area contributed by atoms with Crippen LogP contribution in [0.3, 0.4) is 0 Å². The van der Waals surface area contributed by atoms with Crippen molar-refractivity contribution in [3.63, 3.8) is 0 Å². The topological polar surface area (TPSA) is 37.3 Å². The SMILES string of the molecule is O=C(c1ccccc1O)C1CC2C=CC1C2. The van der Waals surface area contributed by atoms with E-state index in [0.717, 1.165) is 12.8 Å². The van der Waals surface area contributed by atoms with Gasteiger partial charge in [0.25, 0.3) is 0 Å². The third-order valence-corrected chi connectivity index (χ3v) is 3.79. The van der Waals surface area contributed by atoms with Gasteiger partial charge < -0.3 is 5.11 Å². The fraction of sp³-hybridized carbons (Fsp3) is 0.357. The molecular weight excluding hydrogens is 200 g/mol. The maximum absolute atomic E-state index is 12.3. The minimum Gasteiger partial charge on any atom is -0.507 e. The van der Waals surface area contributed by atoms with E-state index in [1.165, 1.54) is 0 Å². The number of allylic oxidation sites excluding steroid dienone is 2. The predicted molar refractivity (Wildman–Crippen MR) is 61.3 cm³/mol. The van der Waals surface area contributed by atoms with Crippen LogP contribution in [0.15, 0.2) is 36.4 Å². The van der Waals surface area contributed by atoms with Crippen molar-refractivity contribution in [2.24, 2.45) is 17.8 Å². The van der Waals surface area contributed by atoms with E-state index in [-0.39, 0.29) is 17.5 Å². The first-order valence-corrected chi connectivity index (χ1v) is 5.76. The quantitative estimate of drug-likeness (QED) is 0.607. The van der Waals surface area contributed by atoms with Gasteiger partial charge >= 0.3 is 0 Å². The first-order valence-electron chi connectivity index (χ1n) is 5.76. The number of para-hydroxylation sites is 1. The van der Waals surface area contributed by atoms with Crippen LogP contribution >= 0.6 is 0 Å². The Morgan fingerprint density at radius 1 is 1.19 bits per heavy atom. The summed E-state index contributed by atoms with van der Waals surface area (Å²) in [5.74, 6) is 1.29. The van der Waals surface area contributed by atoms with E-state index in [4.69, 9.17) is 0 Å². The maximum Gasteiger partial charge on any atom is 0.170 e. The van der Waals surface area contributed by atoms with Crippen molar-refractivity contribution >= 4 is 5.78 Å². The first kappa shape index (κ1) is 9.64. The number of ketones is 1. The smallest absolute Gasteiger partial charge is 0.170 e. The number of carbonyl (C=O) groups is 1. The molecule has 2 aliphatic carbocycles. The molecule has 0 heterocycles. The molecule has 3 unspecified atom stereocenters. The highest BCUT2D eigenvalue weighted by Crippen LogP contribution is 2.45. The number of aromatic hydroxyl groups is 1. The lowest BCUT2D eigenvalue weighted by atomic mass is 9.86. The van der Waals surface area contributed by atoms with E-state index in [1.807, 2.05) is 0 Å². The van der Waals surface area contributed by atoms with Crippen LogP contribution in [0.25, 0.3) is 0 Å². The number of benzene rings is 1. The summed E-state index contributed by atoms with van der Waals surface area (Å²) in [7, 11) is 0. The zero-order chi connectivity index (χ0) is 11.1. The molecule has 1 saturated carbocycles. The van der Waals surface area contributed by atoms with Crippen LogP contribution in [0.2, 0.25) is 0 Å². The summed E-state index contributed by atoms with van der Waals surface area (Å²) in [5.41, 5.74) is 0.480. The Kier molecular flexibility index (Phi) is 2.10. The summed E-state index contributed by atoms with van der Waals surface area (Å²) >= 11 is 0. The molecule has 1 fully saturated rings. The Balaban J connectivity index is 1.89. The number of phenolic OH excluding ortho intramolecular Hbond substituents is 1. The molecule has 0 radical (unpaired) electrons. The Bertz CT molecular complexity index is 462. The number of rotatable bonds is 2. The van der Waals surface area contributed by atoms with Crippen LogP contribution in [0, 0.1) is 17.8 Å². The molecule has 2 bridgehead atoms. The molecule has 16 heavy (non-hydrogen) atoms. The fourth-order valence-electron chi connectivity index (χ4n) is 2.96. The molecule has 0 amide bonds. The molecule has 1 N–H and O–H groups in total. The molecular formula is C14H14O2. The molecule has 2 aliphatic rings. The molecule has 3 rings (SSSR count). The third kappa shape index (κ3) is 1.37. The van der Waals surface area contributed by atoms with Crippen LogP contribution < -0.4 is 0 Å². The van der Waals surface area contributed by atoms with Gasteiger partial charge in [-0.1, -0.05) is 24.3 Å². The maximum atomic E-state index is 12.3. The minimum atomic E-state index is 0.0864. The number of carbonyl (C=O) groups excluding carboxylic acids is 1. The van der Waals surface area contributed by atoms with Gasteiger partial charge in [0, 0.05) is 5.92 Å². The summed E-state index contributed by atoms with van der Waals surface area (Å²) in [5, 5.41) is 9.67. The van der Waals surface area contributed by atoms with Crippen molar-refractivity contribution in [3.8, 4) is 5.75 Å². The van der Waals surface area contributed by atoms with Crippen molar-refractivity contribution in [1.29, 1.82) is 0 Å². The van der Waals surface area contributed by atoms with Crippen LogP contribution in [0.1, 0.15) is 23.2 Å². The average Bonchev–Trinajstić information content (AvgIpc) is 2.90. The molecule has 1 aromatic rings. The molecule has 0 aromatic heterocycles. The highest BCUT2D eigenvalue weighted by atomic mass is 16.3. The van der Waals surface area contributed by atoms with Gasteiger partial charge in [0.15, 0.2) is 5.78 Å². The Morgan fingerprint density at radius 3 is 2.62 bits per heavy atom. The van der Waals surface area contributed by atoms with Gasteiger partial charge in [-0.15, -0.1) is 0 Å². The van der Waals surface area contributed by atoms with E-state index in [9.17, 15) is 9.90 Å². The minimum absolute atomic E-state index is 0.0864. The van der Waals surface area contributed by atoms with E-state index in [2.05, 4.69) is 12.2 Å². The highest BCUT2D eigenvalue weighted by Gasteiger charge is 2.40. The molecule has 0 aliphatic heterocycles. The monoisotopic (exact) mass is 214 g/mol. The van der Waals surface area contributed by atoms with Crippen LogP contribution in [-0.4, -0.2) is 10.9 Å². The highest BCUT2D eigenvalue weighted by molar-refractivity contribution is 6.00. The van der Waals surface area contributed by atoms with Crippen LogP contribution in [0.4, 0.5) is 0 Å². The van der Waals surface area contributed by atoms with E-state index in [0.29, 0.717) is 17.4 Å². The Morgan fingerprint density at radius 2 is 2.00 bits per heavy atom. The number of phenols is 1. The fourth-order valence-corrected chi connectivity index (χ4v) is 2.96. The lowest BCUT2D eigenvalue weighted by Gasteiger charge is -2.17. The van der Waals surface area contributed by atoms with E-state index >= 15 is 0 Å². The zero-order valence-electron chi connectivity index (χ0n) is 8.97. The largest absolute Gasteiger partial charge is 0.507 e. The molecule has 3 atom stereocenters. The second-order valence-electron chi connectivity index (χ2n) is 4.77. The number of fused-ring (bicyclic) bond motifs is 2.